The summed E-state index contributed by atoms with van der Waals surface area (Å²) in [7, 11) is 0. The summed E-state index contributed by atoms with van der Waals surface area (Å²) in [6.45, 7) is 0. The first-order chi connectivity index (χ1) is 8.79. The van der Waals surface area contributed by atoms with Crippen LogP contribution < -0.4 is 11.3 Å². The summed E-state index contributed by atoms with van der Waals surface area (Å²) in [5.74, 6) is 5.47. The van der Waals surface area contributed by atoms with Crippen LogP contribution in [0.25, 0.3) is 0 Å². The number of nitrogens with two attached hydrogens (primary N) is 1. The molecule has 1 aromatic carbocycles. The molecule has 2 rings (SSSR count). The summed E-state index contributed by atoms with van der Waals surface area (Å²) in [5.41, 5.74) is 5.24. The molecular weight excluding hydrogens is 227 g/mol. The molecule has 2 nitrogen and oxygen atoms in total. The zero-order valence-corrected chi connectivity index (χ0v) is 10.7. The molecule has 1 unspecified atom stereocenters. The first kappa shape index (κ1) is 13.2. The van der Waals surface area contributed by atoms with Crippen molar-refractivity contribution in [2.75, 3.05) is 0 Å². The lowest BCUT2D eigenvalue weighted by Crippen LogP contribution is -2.38. The van der Waals surface area contributed by atoms with E-state index in [-0.39, 0.29) is 11.9 Å². The highest BCUT2D eigenvalue weighted by Crippen LogP contribution is 2.21. The lowest BCUT2D eigenvalue weighted by atomic mass is 9.96. The average Bonchev–Trinajstić information content (AvgIpc) is 2.65. The van der Waals surface area contributed by atoms with Gasteiger partial charge < -0.3 is 0 Å². The second-order valence-electron chi connectivity index (χ2n) is 4.93. The molecule has 0 bridgehead atoms. The van der Waals surface area contributed by atoms with Gasteiger partial charge >= 0.3 is 0 Å². The van der Waals surface area contributed by atoms with Crippen molar-refractivity contribution < 1.29 is 4.39 Å². The van der Waals surface area contributed by atoms with E-state index in [1.54, 1.807) is 12.1 Å². The number of rotatable bonds is 4. The molecule has 0 aliphatic heterocycles. The molecule has 0 aromatic heterocycles. The monoisotopic (exact) mass is 248 g/mol. The average molecular weight is 248 g/mol. The number of benzene rings is 1. The van der Waals surface area contributed by atoms with E-state index in [4.69, 9.17) is 5.84 Å². The fourth-order valence-electron chi connectivity index (χ4n) is 2.55. The molecule has 0 saturated carbocycles. The molecule has 1 aliphatic rings. The maximum absolute atomic E-state index is 13.2. The molecular formula is C15H21FN2. The van der Waals surface area contributed by atoms with Gasteiger partial charge in [0.25, 0.3) is 0 Å². The normalized spacial score (nSPS) is 18.0. The summed E-state index contributed by atoms with van der Waals surface area (Å²) in [5, 5.41) is 0. The second-order valence-corrected chi connectivity index (χ2v) is 4.93. The summed E-state index contributed by atoms with van der Waals surface area (Å²) in [6, 6.07) is 6.88. The molecule has 98 valence electrons. The van der Waals surface area contributed by atoms with Gasteiger partial charge in [-0.15, -0.1) is 0 Å². The minimum atomic E-state index is -0.182. The van der Waals surface area contributed by atoms with Crippen molar-refractivity contribution in [3.05, 3.63) is 47.3 Å². The topological polar surface area (TPSA) is 38.0 Å². The van der Waals surface area contributed by atoms with Gasteiger partial charge in [0, 0.05) is 6.04 Å². The Bertz CT molecular complexity index is 415. The maximum Gasteiger partial charge on any atom is 0.123 e. The summed E-state index contributed by atoms with van der Waals surface area (Å²) in [4.78, 5) is 0. The quantitative estimate of drug-likeness (QED) is 0.488. The van der Waals surface area contributed by atoms with Crippen LogP contribution in [0.2, 0.25) is 0 Å². The van der Waals surface area contributed by atoms with Crippen molar-refractivity contribution in [1.82, 2.24) is 5.43 Å². The van der Waals surface area contributed by atoms with Gasteiger partial charge in [0.2, 0.25) is 0 Å². The van der Waals surface area contributed by atoms with E-state index < -0.39 is 0 Å². The fraction of sp³-hybridized carbons (Fsp3) is 0.467. The molecule has 3 N–H and O–H groups in total. The van der Waals surface area contributed by atoms with Crippen molar-refractivity contribution in [3.8, 4) is 0 Å². The van der Waals surface area contributed by atoms with Crippen LogP contribution in [0.5, 0.6) is 0 Å². The number of hydrazine groups is 1. The van der Waals surface area contributed by atoms with Crippen molar-refractivity contribution in [1.29, 1.82) is 0 Å². The Morgan fingerprint density at radius 1 is 1.28 bits per heavy atom. The first-order valence-electron chi connectivity index (χ1n) is 6.69. The Balaban J connectivity index is 2.06. The lowest BCUT2D eigenvalue weighted by Gasteiger charge is -2.19. The first-order valence-corrected chi connectivity index (χ1v) is 6.69. The van der Waals surface area contributed by atoms with E-state index in [0.717, 1.165) is 24.8 Å². The van der Waals surface area contributed by atoms with E-state index in [1.165, 1.54) is 30.9 Å². The van der Waals surface area contributed by atoms with E-state index in [2.05, 4.69) is 11.5 Å². The highest BCUT2D eigenvalue weighted by Gasteiger charge is 2.14. The minimum absolute atomic E-state index is 0.130. The van der Waals surface area contributed by atoms with Gasteiger partial charge in [0.05, 0.1) is 0 Å². The molecule has 0 fully saturated rings. The summed E-state index contributed by atoms with van der Waals surface area (Å²) in [6.07, 6.45) is 9.07. The molecule has 3 heteroatoms. The molecule has 0 amide bonds. The number of allylic oxidation sites excluding steroid dienone is 1. The van der Waals surface area contributed by atoms with Crippen LogP contribution in [0.15, 0.2) is 35.9 Å². The number of nitrogens with one attached hydrogen (secondary N) is 1. The third-order valence-corrected chi connectivity index (χ3v) is 3.55. The third-order valence-electron chi connectivity index (χ3n) is 3.55. The minimum Gasteiger partial charge on any atom is -0.271 e. The smallest absolute Gasteiger partial charge is 0.123 e. The Labute approximate surface area is 108 Å². The van der Waals surface area contributed by atoms with Crippen molar-refractivity contribution in [3.63, 3.8) is 0 Å². The molecule has 0 heterocycles. The second kappa shape index (κ2) is 6.66. The number of hydrogen-bond acceptors (Lipinski definition) is 2. The van der Waals surface area contributed by atoms with Gasteiger partial charge in [-0.3, -0.25) is 11.3 Å². The summed E-state index contributed by atoms with van der Waals surface area (Å²) >= 11 is 0. The standard InChI is InChI=1S/C15H21FN2/c16-14-9-5-6-12(10-14)11-15(18-17)13-7-3-1-2-4-8-13/h5-7,9-10,15,18H,1-4,8,11,17H2. The summed E-state index contributed by atoms with van der Waals surface area (Å²) < 4.78 is 13.2. The van der Waals surface area contributed by atoms with Crippen LogP contribution in [0.1, 0.15) is 37.7 Å². The third kappa shape index (κ3) is 3.65. The predicted molar refractivity (Wildman–Crippen MR) is 72.4 cm³/mol. The van der Waals surface area contributed by atoms with E-state index in [9.17, 15) is 4.39 Å². The van der Waals surface area contributed by atoms with Gasteiger partial charge in [0.15, 0.2) is 0 Å². The number of halogens is 1. The highest BCUT2D eigenvalue weighted by molar-refractivity contribution is 5.22. The SMILES string of the molecule is NNC(Cc1cccc(F)c1)C1=CCCCCC1. The van der Waals surface area contributed by atoms with Crippen LogP contribution in [0, 0.1) is 5.82 Å². The van der Waals surface area contributed by atoms with Crippen LogP contribution in [0.4, 0.5) is 4.39 Å². The molecule has 1 aromatic rings. The molecule has 1 aliphatic carbocycles. The van der Waals surface area contributed by atoms with Crippen molar-refractivity contribution in [2.45, 2.75) is 44.6 Å². The Morgan fingerprint density at radius 3 is 2.94 bits per heavy atom. The molecule has 18 heavy (non-hydrogen) atoms. The molecule has 1 atom stereocenters. The predicted octanol–water partition coefficient (Wildman–Crippen LogP) is 3.09. The Hall–Kier alpha value is -1.19. The highest BCUT2D eigenvalue weighted by atomic mass is 19.1. The van der Waals surface area contributed by atoms with Crippen LogP contribution in [-0.2, 0) is 6.42 Å². The van der Waals surface area contributed by atoms with Gasteiger partial charge in [-0.2, -0.15) is 0 Å². The van der Waals surface area contributed by atoms with E-state index >= 15 is 0 Å². The van der Waals surface area contributed by atoms with Crippen molar-refractivity contribution >= 4 is 0 Å². The molecule has 0 radical (unpaired) electrons. The zero-order valence-electron chi connectivity index (χ0n) is 10.7. The van der Waals surface area contributed by atoms with Crippen LogP contribution in [-0.4, -0.2) is 6.04 Å². The Morgan fingerprint density at radius 2 is 2.17 bits per heavy atom. The molecule has 0 spiro atoms. The largest absolute Gasteiger partial charge is 0.271 e. The lowest BCUT2D eigenvalue weighted by molar-refractivity contribution is 0.560. The zero-order chi connectivity index (χ0) is 12.8. The maximum atomic E-state index is 13.2. The Kier molecular flexibility index (Phi) is 4.90. The van der Waals surface area contributed by atoms with Crippen LogP contribution >= 0.6 is 0 Å². The fourth-order valence-corrected chi connectivity index (χ4v) is 2.55. The van der Waals surface area contributed by atoms with Gasteiger partial charge in [-0.25, -0.2) is 4.39 Å². The van der Waals surface area contributed by atoms with Crippen molar-refractivity contribution in [2.24, 2.45) is 5.84 Å². The number of hydrogen-bond donors (Lipinski definition) is 2. The molecule has 0 saturated heterocycles. The van der Waals surface area contributed by atoms with Gasteiger partial charge in [0.1, 0.15) is 5.82 Å². The van der Waals surface area contributed by atoms with E-state index in [0.29, 0.717) is 0 Å². The van der Waals surface area contributed by atoms with Gasteiger partial charge in [-0.1, -0.05) is 30.2 Å². The van der Waals surface area contributed by atoms with Gasteiger partial charge in [-0.05, 0) is 49.8 Å². The van der Waals surface area contributed by atoms with Crippen LogP contribution in [0.3, 0.4) is 0 Å². The van der Waals surface area contributed by atoms with E-state index in [1.807, 2.05) is 6.07 Å².